The number of halogens is 1. The third-order valence-electron chi connectivity index (χ3n) is 7.12. The van der Waals surface area contributed by atoms with Crippen LogP contribution in [0.5, 0.6) is 0 Å². The molecule has 5 N–H and O–H groups in total. The molecule has 2 aliphatic rings. The van der Waals surface area contributed by atoms with Crippen LogP contribution < -0.4 is 16.8 Å². The van der Waals surface area contributed by atoms with E-state index in [1.807, 2.05) is 29.2 Å². The van der Waals surface area contributed by atoms with Gasteiger partial charge in [0.1, 0.15) is 5.84 Å². The van der Waals surface area contributed by atoms with E-state index in [0.29, 0.717) is 51.0 Å². The van der Waals surface area contributed by atoms with Crippen LogP contribution in [0.2, 0.25) is 5.15 Å². The van der Waals surface area contributed by atoms with Gasteiger partial charge in [0.15, 0.2) is 22.5 Å². The fraction of sp³-hybridized carbons (Fsp3) is 0.462. The summed E-state index contributed by atoms with van der Waals surface area (Å²) in [5, 5.41) is 2.69. The Labute approximate surface area is 226 Å². The molecular weight excluding hydrogens is 510 g/mol. The Morgan fingerprint density at radius 2 is 1.63 bits per heavy atom. The number of esters is 1. The van der Waals surface area contributed by atoms with E-state index in [1.165, 1.54) is 7.11 Å². The second kappa shape index (κ2) is 11.8. The molecule has 0 aliphatic carbocycles. The molecule has 0 saturated carbocycles. The number of aryl methyl sites for hydroxylation is 2. The Morgan fingerprint density at radius 1 is 1.00 bits per heavy atom. The van der Waals surface area contributed by atoms with Crippen LogP contribution in [0.1, 0.15) is 60.1 Å². The zero-order valence-electron chi connectivity index (χ0n) is 21.3. The van der Waals surface area contributed by atoms with Crippen molar-refractivity contribution in [2.45, 2.75) is 56.9 Å². The molecule has 2 aliphatic heterocycles. The number of ether oxygens (including phenoxy) is 1. The summed E-state index contributed by atoms with van der Waals surface area (Å²) in [5.41, 5.74) is 13.1. The summed E-state index contributed by atoms with van der Waals surface area (Å²) < 4.78 is 4.68. The molecule has 0 unspecified atom stereocenters. The normalized spacial score (nSPS) is 16.3. The molecule has 1 saturated heterocycles. The van der Waals surface area contributed by atoms with E-state index in [2.05, 4.69) is 20.0 Å². The molecule has 38 heavy (non-hydrogen) atoms. The number of nitrogens with zero attached hydrogens (tertiary/aromatic N) is 4. The molecule has 0 atom stereocenters. The van der Waals surface area contributed by atoms with Crippen LogP contribution >= 0.6 is 11.6 Å². The lowest BCUT2D eigenvalue weighted by molar-refractivity contribution is -0.140. The summed E-state index contributed by atoms with van der Waals surface area (Å²) in [6.45, 7) is 1.25. The SMILES string of the molecule is COC(=O)CCc1ccc(CCC(=O)N2CCC3(CCC(NC(=O)c4nc(Cl)c(N)nc4N)=N3)CC2)cc1. The number of nitrogens with two attached hydrogens (primary N) is 2. The van der Waals surface area contributed by atoms with Gasteiger partial charge in [-0.15, -0.1) is 0 Å². The number of carbonyl (C=O) groups excluding carboxylic acids is 3. The lowest BCUT2D eigenvalue weighted by Crippen LogP contribution is -2.45. The minimum Gasteiger partial charge on any atom is -0.469 e. The predicted molar refractivity (Wildman–Crippen MR) is 144 cm³/mol. The highest BCUT2D eigenvalue weighted by Crippen LogP contribution is 2.36. The highest BCUT2D eigenvalue weighted by molar-refractivity contribution is 6.31. The zero-order chi connectivity index (χ0) is 27.3. The van der Waals surface area contributed by atoms with E-state index in [1.54, 1.807) is 0 Å². The van der Waals surface area contributed by atoms with E-state index in [0.717, 1.165) is 30.4 Å². The molecule has 2 aromatic rings. The molecule has 1 spiro atoms. The van der Waals surface area contributed by atoms with Crippen LogP contribution in [-0.2, 0) is 27.2 Å². The summed E-state index contributed by atoms with van der Waals surface area (Å²) in [4.78, 5) is 51.3. The van der Waals surface area contributed by atoms with Gasteiger partial charge in [0, 0.05) is 32.4 Å². The molecule has 1 aromatic heterocycles. The summed E-state index contributed by atoms with van der Waals surface area (Å²) in [6, 6.07) is 7.99. The quantitative estimate of drug-likeness (QED) is 0.449. The van der Waals surface area contributed by atoms with Gasteiger partial charge < -0.3 is 26.4 Å². The van der Waals surface area contributed by atoms with Gasteiger partial charge in [0.25, 0.3) is 5.91 Å². The van der Waals surface area contributed by atoms with Crippen LogP contribution in [0, 0.1) is 0 Å². The first kappa shape index (κ1) is 27.3. The Hall–Kier alpha value is -3.73. The van der Waals surface area contributed by atoms with Crippen LogP contribution in [0.25, 0.3) is 0 Å². The second-order valence-corrected chi connectivity index (χ2v) is 10.0. The minimum absolute atomic E-state index is 0.0375. The van der Waals surface area contributed by atoms with Crippen molar-refractivity contribution >= 4 is 46.9 Å². The maximum absolute atomic E-state index is 12.8. The van der Waals surface area contributed by atoms with Gasteiger partial charge in [-0.2, -0.15) is 0 Å². The van der Waals surface area contributed by atoms with Crippen molar-refractivity contribution < 1.29 is 19.1 Å². The average molecular weight is 542 g/mol. The third-order valence-corrected chi connectivity index (χ3v) is 7.40. The topological polar surface area (TPSA) is 166 Å². The summed E-state index contributed by atoms with van der Waals surface area (Å²) in [7, 11) is 1.39. The van der Waals surface area contributed by atoms with Crippen LogP contribution in [0.4, 0.5) is 11.6 Å². The van der Waals surface area contributed by atoms with Crippen molar-refractivity contribution in [2.75, 3.05) is 31.7 Å². The van der Waals surface area contributed by atoms with Crippen molar-refractivity contribution in [1.82, 2.24) is 20.2 Å². The number of anilines is 2. The van der Waals surface area contributed by atoms with E-state index < -0.39 is 5.91 Å². The Balaban J connectivity index is 1.24. The number of amidine groups is 1. The molecule has 2 amide bonds. The lowest BCUT2D eigenvalue weighted by atomic mass is 9.86. The number of nitrogen functional groups attached to an aromatic ring is 2. The van der Waals surface area contributed by atoms with Crippen LogP contribution in [0.3, 0.4) is 0 Å². The van der Waals surface area contributed by atoms with E-state index in [4.69, 9.17) is 28.1 Å². The zero-order valence-corrected chi connectivity index (χ0v) is 22.1. The molecule has 1 aromatic carbocycles. The largest absolute Gasteiger partial charge is 0.469 e. The first-order valence-electron chi connectivity index (χ1n) is 12.6. The Kier molecular flexibility index (Phi) is 8.45. The van der Waals surface area contributed by atoms with Gasteiger partial charge in [-0.05, 0) is 43.2 Å². The maximum Gasteiger partial charge on any atom is 0.305 e. The molecule has 12 heteroatoms. The Morgan fingerprint density at radius 3 is 2.26 bits per heavy atom. The van der Waals surface area contributed by atoms with Gasteiger partial charge in [-0.1, -0.05) is 35.9 Å². The number of hydrogen-bond donors (Lipinski definition) is 3. The smallest absolute Gasteiger partial charge is 0.305 e. The minimum atomic E-state index is -0.531. The molecule has 4 rings (SSSR count). The second-order valence-electron chi connectivity index (χ2n) is 9.64. The monoisotopic (exact) mass is 541 g/mol. The number of amides is 2. The van der Waals surface area contributed by atoms with Gasteiger partial charge in [0.05, 0.1) is 12.6 Å². The van der Waals surface area contributed by atoms with Gasteiger partial charge >= 0.3 is 5.97 Å². The summed E-state index contributed by atoms with van der Waals surface area (Å²) >= 11 is 5.88. The molecule has 0 radical (unpaired) electrons. The van der Waals surface area contributed by atoms with Gasteiger partial charge in [0.2, 0.25) is 5.91 Å². The lowest BCUT2D eigenvalue weighted by Gasteiger charge is -2.37. The maximum atomic E-state index is 12.8. The van der Waals surface area contributed by atoms with E-state index in [9.17, 15) is 14.4 Å². The van der Waals surface area contributed by atoms with Crippen molar-refractivity contribution in [3.63, 3.8) is 0 Å². The number of likely N-dealkylation sites (tertiary alicyclic amines) is 1. The van der Waals surface area contributed by atoms with Crippen LogP contribution in [-0.4, -0.2) is 64.2 Å². The van der Waals surface area contributed by atoms with Gasteiger partial charge in [-0.3, -0.25) is 19.4 Å². The molecular formula is C26H32ClN7O4. The first-order chi connectivity index (χ1) is 18.2. The number of hydrogen-bond acceptors (Lipinski definition) is 9. The molecule has 202 valence electrons. The number of nitrogens with one attached hydrogen (secondary N) is 1. The van der Waals surface area contributed by atoms with Crippen molar-refractivity contribution in [3.05, 3.63) is 46.2 Å². The number of aliphatic imine (C=N–C) groups is 1. The van der Waals surface area contributed by atoms with E-state index >= 15 is 0 Å². The van der Waals surface area contributed by atoms with Gasteiger partial charge in [-0.25, -0.2) is 9.97 Å². The number of aromatic nitrogens is 2. The number of benzene rings is 1. The number of carbonyl (C=O) groups is 3. The fourth-order valence-electron chi connectivity index (χ4n) is 4.80. The molecule has 3 heterocycles. The molecule has 1 fully saturated rings. The summed E-state index contributed by atoms with van der Waals surface area (Å²) in [5.74, 6) is -0.199. The standard InChI is InChI=1S/C26H32ClN7O4/c1-38-20(36)9-7-17-4-2-16(3-5-17)6-8-19(35)34-14-12-26(13-15-34)11-10-18(33-26)30-25(37)21-23(28)32-24(29)22(27)31-21/h2-5H,6-15H2,1H3,(H4,28,29,32)(H,30,33,37). The number of rotatable bonds is 7. The van der Waals surface area contributed by atoms with Crippen molar-refractivity contribution in [1.29, 1.82) is 0 Å². The average Bonchev–Trinajstić information content (AvgIpc) is 3.30. The van der Waals surface area contributed by atoms with Crippen molar-refractivity contribution in [2.24, 2.45) is 4.99 Å². The third kappa shape index (κ3) is 6.58. The molecule has 0 bridgehead atoms. The first-order valence-corrected chi connectivity index (χ1v) is 13.0. The summed E-state index contributed by atoms with van der Waals surface area (Å²) in [6.07, 6.45) is 4.98. The molecule has 11 nitrogen and oxygen atoms in total. The Bertz CT molecular complexity index is 1240. The highest BCUT2D eigenvalue weighted by Gasteiger charge is 2.39. The predicted octanol–water partition coefficient (Wildman–Crippen LogP) is 2.32. The van der Waals surface area contributed by atoms with Crippen molar-refractivity contribution in [3.8, 4) is 0 Å². The number of piperidine rings is 1. The fourth-order valence-corrected chi connectivity index (χ4v) is 4.93. The highest BCUT2D eigenvalue weighted by atomic mass is 35.5. The number of methoxy groups -OCH3 is 1. The van der Waals surface area contributed by atoms with E-state index in [-0.39, 0.29) is 39.9 Å². The van der Waals surface area contributed by atoms with Crippen LogP contribution in [0.15, 0.2) is 29.3 Å².